The third-order valence-corrected chi connectivity index (χ3v) is 4.79. The van der Waals surface area contributed by atoms with Crippen LogP contribution < -0.4 is 4.74 Å². The highest BCUT2D eigenvalue weighted by molar-refractivity contribution is 6.32. The maximum atomic E-state index is 11.8. The van der Waals surface area contributed by atoms with Crippen molar-refractivity contribution < 1.29 is 14.6 Å². The quantitative estimate of drug-likeness (QED) is 0.916. The molecule has 1 aliphatic carbocycles. The number of hydrogen-bond acceptors (Lipinski definition) is 2. The molecule has 19 heavy (non-hydrogen) atoms. The number of carbonyl (C=O) groups is 1. The van der Waals surface area contributed by atoms with Gasteiger partial charge in [0.15, 0.2) is 0 Å². The molecule has 1 fully saturated rings. The van der Waals surface area contributed by atoms with Crippen LogP contribution in [-0.2, 0) is 10.2 Å². The van der Waals surface area contributed by atoms with Crippen LogP contribution in [0.4, 0.5) is 0 Å². The minimum atomic E-state index is -0.814. The number of carboxylic acid groups (broad SMARTS) is 1. The van der Waals surface area contributed by atoms with E-state index in [4.69, 9.17) is 16.3 Å². The lowest BCUT2D eigenvalue weighted by Gasteiger charge is -2.28. The van der Waals surface area contributed by atoms with Gasteiger partial charge in [0.2, 0.25) is 0 Å². The normalized spacial score (nSPS) is 17.5. The van der Waals surface area contributed by atoms with Gasteiger partial charge in [0, 0.05) is 11.1 Å². The lowest BCUT2D eigenvalue weighted by atomic mass is 9.77. The number of rotatable bonds is 3. The average molecular weight is 283 g/mol. The fourth-order valence-corrected chi connectivity index (χ4v) is 3.28. The van der Waals surface area contributed by atoms with E-state index in [1.54, 1.807) is 7.11 Å². The van der Waals surface area contributed by atoms with Gasteiger partial charge < -0.3 is 9.84 Å². The number of hydrogen-bond donors (Lipinski definition) is 1. The summed E-state index contributed by atoms with van der Waals surface area (Å²) in [6.07, 6.45) is 3.21. The van der Waals surface area contributed by atoms with Crippen molar-refractivity contribution in [3.05, 3.63) is 27.8 Å². The van der Waals surface area contributed by atoms with E-state index in [1.165, 1.54) is 0 Å². The standard InChI is InChI=1S/C15H19ClO3/c1-9-8-11(13(19-3)10(2)12(9)16)15(14(17)18)6-4-5-7-15/h8H,4-7H2,1-3H3,(H,17,18). The third kappa shape index (κ3) is 2.10. The van der Waals surface area contributed by atoms with Gasteiger partial charge in [-0.2, -0.15) is 0 Å². The van der Waals surface area contributed by atoms with E-state index < -0.39 is 11.4 Å². The summed E-state index contributed by atoms with van der Waals surface area (Å²) in [6, 6.07) is 1.88. The lowest BCUT2D eigenvalue weighted by Crippen LogP contribution is -2.33. The van der Waals surface area contributed by atoms with Crippen molar-refractivity contribution in [2.45, 2.75) is 44.9 Å². The summed E-state index contributed by atoms with van der Waals surface area (Å²) in [5, 5.41) is 10.4. The molecule has 3 nitrogen and oxygen atoms in total. The summed E-state index contributed by atoms with van der Waals surface area (Å²) in [5.41, 5.74) is 1.69. The van der Waals surface area contributed by atoms with Gasteiger partial charge in [0.05, 0.1) is 17.5 Å². The van der Waals surface area contributed by atoms with E-state index in [0.717, 1.165) is 29.5 Å². The van der Waals surface area contributed by atoms with E-state index >= 15 is 0 Å². The highest BCUT2D eigenvalue weighted by Crippen LogP contribution is 2.47. The molecule has 0 saturated heterocycles. The van der Waals surface area contributed by atoms with Crippen molar-refractivity contribution in [2.75, 3.05) is 7.11 Å². The van der Waals surface area contributed by atoms with Crippen LogP contribution in [0, 0.1) is 13.8 Å². The molecule has 4 heteroatoms. The zero-order chi connectivity index (χ0) is 14.2. The number of aliphatic carboxylic acids is 1. The molecule has 0 atom stereocenters. The van der Waals surface area contributed by atoms with Gasteiger partial charge in [0.1, 0.15) is 5.75 Å². The number of halogens is 1. The van der Waals surface area contributed by atoms with Crippen molar-refractivity contribution in [3.63, 3.8) is 0 Å². The Morgan fingerprint density at radius 2 is 1.95 bits per heavy atom. The summed E-state index contributed by atoms with van der Waals surface area (Å²) in [6.45, 7) is 3.78. The van der Waals surface area contributed by atoms with Crippen LogP contribution in [0.25, 0.3) is 0 Å². The predicted molar refractivity (Wildman–Crippen MR) is 75.3 cm³/mol. The smallest absolute Gasteiger partial charge is 0.314 e. The maximum absolute atomic E-state index is 11.8. The Morgan fingerprint density at radius 3 is 2.42 bits per heavy atom. The minimum Gasteiger partial charge on any atom is -0.496 e. The fraction of sp³-hybridized carbons (Fsp3) is 0.533. The Labute approximate surface area is 118 Å². The summed E-state index contributed by atoms with van der Waals surface area (Å²) >= 11 is 6.24. The molecule has 0 unspecified atom stereocenters. The highest BCUT2D eigenvalue weighted by Gasteiger charge is 2.45. The van der Waals surface area contributed by atoms with E-state index in [9.17, 15) is 9.90 Å². The fourth-order valence-electron chi connectivity index (χ4n) is 3.14. The monoisotopic (exact) mass is 282 g/mol. The number of benzene rings is 1. The summed E-state index contributed by atoms with van der Waals surface area (Å²) in [4.78, 5) is 11.8. The molecule has 1 N–H and O–H groups in total. The molecule has 0 spiro atoms. The minimum absolute atomic E-state index is 0.625. The molecular formula is C15H19ClO3. The molecule has 0 aliphatic heterocycles. The zero-order valence-corrected chi connectivity index (χ0v) is 12.3. The van der Waals surface area contributed by atoms with E-state index in [0.29, 0.717) is 23.6 Å². The van der Waals surface area contributed by atoms with Gasteiger partial charge in [-0.25, -0.2) is 0 Å². The van der Waals surface area contributed by atoms with Gasteiger partial charge in [0.25, 0.3) is 0 Å². The van der Waals surface area contributed by atoms with Gasteiger partial charge in [-0.15, -0.1) is 0 Å². The zero-order valence-electron chi connectivity index (χ0n) is 11.5. The molecule has 0 heterocycles. The molecule has 0 bridgehead atoms. The predicted octanol–water partition coefficient (Wildman–Crippen LogP) is 3.86. The van der Waals surface area contributed by atoms with Gasteiger partial charge in [-0.05, 0) is 38.3 Å². The van der Waals surface area contributed by atoms with E-state index in [1.807, 2.05) is 19.9 Å². The highest BCUT2D eigenvalue weighted by atomic mass is 35.5. The van der Waals surface area contributed by atoms with Gasteiger partial charge in [-0.1, -0.05) is 24.4 Å². The molecular weight excluding hydrogens is 264 g/mol. The van der Waals surface area contributed by atoms with E-state index in [2.05, 4.69) is 0 Å². The first-order chi connectivity index (χ1) is 8.94. The second kappa shape index (κ2) is 5.04. The van der Waals surface area contributed by atoms with Crippen LogP contribution in [0.1, 0.15) is 42.4 Å². The largest absolute Gasteiger partial charge is 0.496 e. The Bertz CT molecular complexity index is 517. The first-order valence-corrected chi connectivity index (χ1v) is 6.89. The molecule has 1 aromatic rings. The third-order valence-electron chi connectivity index (χ3n) is 4.21. The van der Waals surface area contributed by atoms with E-state index in [-0.39, 0.29) is 0 Å². The Morgan fingerprint density at radius 1 is 1.37 bits per heavy atom. The van der Waals surface area contributed by atoms with Gasteiger partial charge >= 0.3 is 5.97 Å². The lowest BCUT2D eigenvalue weighted by molar-refractivity contribution is -0.143. The number of carboxylic acids is 1. The molecule has 1 saturated carbocycles. The molecule has 1 aromatic carbocycles. The Balaban J connectivity index is 2.70. The number of methoxy groups -OCH3 is 1. The number of ether oxygens (including phenoxy) is 1. The Hall–Kier alpha value is -1.22. The van der Waals surface area contributed by atoms with Crippen molar-refractivity contribution >= 4 is 17.6 Å². The molecule has 2 rings (SSSR count). The second-order valence-electron chi connectivity index (χ2n) is 5.31. The SMILES string of the molecule is COc1c(C2(C(=O)O)CCCC2)cc(C)c(Cl)c1C. The van der Waals surface area contributed by atoms with Crippen LogP contribution in [0.15, 0.2) is 6.07 Å². The molecule has 0 amide bonds. The van der Waals surface area contributed by atoms with Crippen molar-refractivity contribution in [3.8, 4) is 5.75 Å². The average Bonchev–Trinajstić information content (AvgIpc) is 2.86. The van der Waals surface area contributed by atoms with Gasteiger partial charge in [-0.3, -0.25) is 4.79 Å². The van der Waals surface area contributed by atoms with Crippen LogP contribution >= 0.6 is 11.6 Å². The first-order valence-electron chi connectivity index (χ1n) is 6.51. The first kappa shape index (κ1) is 14.2. The van der Waals surface area contributed by atoms with Crippen LogP contribution in [0.2, 0.25) is 5.02 Å². The molecule has 1 aliphatic rings. The summed E-state index contributed by atoms with van der Waals surface area (Å²) in [7, 11) is 1.57. The van der Waals surface area contributed by atoms with Crippen LogP contribution in [0.3, 0.4) is 0 Å². The summed E-state index contributed by atoms with van der Waals surface area (Å²) < 4.78 is 5.45. The van der Waals surface area contributed by atoms with Crippen LogP contribution in [0.5, 0.6) is 5.75 Å². The Kier molecular flexibility index (Phi) is 3.77. The maximum Gasteiger partial charge on any atom is 0.314 e. The topological polar surface area (TPSA) is 46.5 Å². The molecule has 104 valence electrons. The van der Waals surface area contributed by atoms with Crippen LogP contribution in [-0.4, -0.2) is 18.2 Å². The molecule has 0 radical (unpaired) electrons. The van der Waals surface area contributed by atoms with Crippen molar-refractivity contribution in [2.24, 2.45) is 0 Å². The second-order valence-corrected chi connectivity index (χ2v) is 5.69. The van der Waals surface area contributed by atoms with Crippen molar-refractivity contribution in [1.29, 1.82) is 0 Å². The number of aryl methyl sites for hydroxylation is 1. The summed E-state index contributed by atoms with van der Waals surface area (Å²) in [5.74, 6) is -0.135. The van der Waals surface area contributed by atoms with Crippen molar-refractivity contribution in [1.82, 2.24) is 0 Å². The molecule has 0 aromatic heterocycles.